The summed E-state index contributed by atoms with van der Waals surface area (Å²) in [7, 11) is 0. The highest BCUT2D eigenvalue weighted by atomic mass is 79.9. The third-order valence-electron chi connectivity index (χ3n) is 2.51. The zero-order chi connectivity index (χ0) is 13.8. The highest BCUT2D eigenvalue weighted by Gasteiger charge is 2.11. The summed E-state index contributed by atoms with van der Waals surface area (Å²) < 4.78 is 2.56. The minimum absolute atomic E-state index is 0.589. The summed E-state index contributed by atoms with van der Waals surface area (Å²) in [6.07, 6.45) is 0. The monoisotopic (exact) mass is 343 g/mol. The molecule has 5 nitrogen and oxygen atoms in total. The zero-order valence-electron chi connectivity index (χ0n) is 10.8. The van der Waals surface area contributed by atoms with Gasteiger partial charge in [-0.3, -0.25) is 0 Å². The number of tetrazole rings is 1. The number of nitrogens with zero attached hydrogens (tertiary/aromatic N) is 4. The van der Waals surface area contributed by atoms with E-state index in [0.717, 1.165) is 22.5 Å². The van der Waals surface area contributed by atoms with Crippen LogP contribution in [-0.2, 0) is 6.54 Å². The molecule has 0 fully saturated rings. The normalized spacial score (nSPS) is 11.2. The molecule has 2 rings (SSSR count). The van der Waals surface area contributed by atoms with Crippen molar-refractivity contribution in [3.05, 3.63) is 33.5 Å². The van der Waals surface area contributed by atoms with Crippen molar-refractivity contribution in [3.8, 4) is 5.69 Å². The lowest BCUT2D eigenvalue weighted by molar-refractivity contribution is 0.537. The summed E-state index contributed by atoms with van der Waals surface area (Å²) in [6.45, 7) is 5.87. The van der Waals surface area contributed by atoms with E-state index < -0.39 is 0 Å². The van der Waals surface area contributed by atoms with E-state index in [-0.39, 0.29) is 0 Å². The van der Waals surface area contributed by atoms with Crippen molar-refractivity contribution >= 4 is 27.5 Å². The van der Waals surface area contributed by atoms with Crippen LogP contribution in [0.15, 0.2) is 22.7 Å². The van der Waals surface area contributed by atoms with Gasteiger partial charge in [0.15, 0.2) is 5.82 Å². The second kappa shape index (κ2) is 6.45. The Kier molecular flexibility index (Phi) is 4.90. The van der Waals surface area contributed by atoms with Gasteiger partial charge in [-0.1, -0.05) is 25.4 Å². The van der Waals surface area contributed by atoms with Crippen LogP contribution in [0.2, 0.25) is 5.02 Å². The second-order valence-corrected chi connectivity index (χ2v) is 5.92. The van der Waals surface area contributed by atoms with Crippen molar-refractivity contribution in [2.75, 3.05) is 6.54 Å². The maximum Gasteiger partial charge on any atom is 0.170 e. The van der Waals surface area contributed by atoms with E-state index in [1.807, 2.05) is 18.2 Å². The summed E-state index contributed by atoms with van der Waals surface area (Å²) in [5.41, 5.74) is 0.871. The summed E-state index contributed by atoms with van der Waals surface area (Å²) in [6, 6.07) is 5.52. The molecule has 0 aliphatic carbocycles. The lowest BCUT2D eigenvalue weighted by Crippen LogP contribution is -2.21. The molecule has 0 unspecified atom stereocenters. The zero-order valence-corrected chi connectivity index (χ0v) is 13.1. The van der Waals surface area contributed by atoms with Gasteiger partial charge in [-0.05, 0) is 57.0 Å². The molecule has 0 aliphatic heterocycles. The van der Waals surface area contributed by atoms with E-state index in [1.165, 1.54) is 0 Å². The predicted molar refractivity (Wildman–Crippen MR) is 78.4 cm³/mol. The van der Waals surface area contributed by atoms with Crippen molar-refractivity contribution in [2.45, 2.75) is 20.4 Å². The average molecular weight is 345 g/mol. The molecular weight excluding hydrogens is 330 g/mol. The van der Waals surface area contributed by atoms with Gasteiger partial charge in [-0.25, -0.2) is 0 Å². The fraction of sp³-hybridized carbons (Fsp3) is 0.417. The van der Waals surface area contributed by atoms with E-state index in [9.17, 15) is 0 Å². The van der Waals surface area contributed by atoms with Gasteiger partial charge in [0.2, 0.25) is 0 Å². The van der Waals surface area contributed by atoms with Gasteiger partial charge in [-0.2, -0.15) is 4.68 Å². The maximum atomic E-state index is 5.93. The van der Waals surface area contributed by atoms with Crippen molar-refractivity contribution in [1.29, 1.82) is 0 Å². The molecule has 0 amide bonds. The van der Waals surface area contributed by atoms with Gasteiger partial charge < -0.3 is 5.32 Å². The summed E-state index contributed by atoms with van der Waals surface area (Å²) in [5, 5.41) is 15.8. The van der Waals surface area contributed by atoms with Crippen LogP contribution in [0.25, 0.3) is 5.69 Å². The molecule has 0 spiro atoms. The molecule has 0 saturated heterocycles. The number of nitrogens with one attached hydrogen (secondary N) is 1. The molecule has 19 heavy (non-hydrogen) atoms. The van der Waals surface area contributed by atoms with Crippen LogP contribution in [-0.4, -0.2) is 26.8 Å². The van der Waals surface area contributed by atoms with Crippen molar-refractivity contribution in [2.24, 2.45) is 5.92 Å². The molecule has 102 valence electrons. The Labute approximate surface area is 125 Å². The van der Waals surface area contributed by atoms with Crippen LogP contribution in [0.5, 0.6) is 0 Å². The van der Waals surface area contributed by atoms with Crippen LogP contribution < -0.4 is 5.32 Å². The fourth-order valence-electron chi connectivity index (χ4n) is 1.63. The van der Waals surface area contributed by atoms with Crippen LogP contribution in [0.1, 0.15) is 19.7 Å². The predicted octanol–water partition coefficient (Wildman–Crippen LogP) is 2.82. The van der Waals surface area contributed by atoms with Crippen LogP contribution in [0.4, 0.5) is 0 Å². The number of hydrogen-bond acceptors (Lipinski definition) is 4. The van der Waals surface area contributed by atoms with E-state index in [2.05, 4.69) is 50.6 Å². The highest BCUT2D eigenvalue weighted by molar-refractivity contribution is 9.10. The van der Waals surface area contributed by atoms with Crippen LogP contribution in [0.3, 0.4) is 0 Å². The Morgan fingerprint density at radius 3 is 2.89 bits per heavy atom. The van der Waals surface area contributed by atoms with E-state index in [0.29, 0.717) is 17.5 Å². The summed E-state index contributed by atoms with van der Waals surface area (Å²) in [4.78, 5) is 0. The van der Waals surface area contributed by atoms with E-state index >= 15 is 0 Å². The molecule has 1 N–H and O–H groups in total. The minimum Gasteiger partial charge on any atom is -0.310 e. The van der Waals surface area contributed by atoms with Crippen molar-refractivity contribution < 1.29 is 0 Å². The molecule has 0 saturated carbocycles. The lowest BCUT2D eigenvalue weighted by atomic mass is 10.2. The Hall–Kier alpha value is -0.980. The number of aromatic nitrogens is 4. The quantitative estimate of drug-likeness (QED) is 0.906. The van der Waals surface area contributed by atoms with Gasteiger partial charge in [0.05, 0.1) is 12.2 Å². The first kappa shape index (κ1) is 14.4. The smallest absolute Gasteiger partial charge is 0.170 e. The average Bonchev–Trinajstić information content (AvgIpc) is 2.77. The van der Waals surface area contributed by atoms with Gasteiger partial charge in [0.1, 0.15) is 0 Å². The Morgan fingerprint density at radius 2 is 2.21 bits per heavy atom. The number of benzene rings is 1. The number of halogens is 2. The first-order valence-electron chi connectivity index (χ1n) is 6.01. The SMILES string of the molecule is CC(C)CNCc1nnnn1-c1ccc(Cl)cc1Br. The van der Waals surface area contributed by atoms with Gasteiger partial charge in [0, 0.05) is 9.50 Å². The minimum atomic E-state index is 0.589. The van der Waals surface area contributed by atoms with Crippen molar-refractivity contribution in [1.82, 2.24) is 25.5 Å². The molecular formula is C12H15BrClN5. The third kappa shape index (κ3) is 3.75. The number of rotatable bonds is 5. The maximum absolute atomic E-state index is 5.93. The second-order valence-electron chi connectivity index (χ2n) is 4.63. The van der Waals surface area contributed by atoms with Gasteiger partial charge in [-0.15, -0.1) is 5.10 Å². The Balaban J connectivity index is 2.19. The molecule has 1 heterocycles. The first-order chi connectivity index (χ1) is 9.08. The van der Waals surface area contributed by atoms with Gasteiger partial charge in [0.25, 0.3) is 0 Å². The molecule has 0 aliphatic rings. The molecule has 2 aromatic rings. The molecule has 0 bridgehead atoms. The summed E-state index contributed by atoms with van der Waals surface area (Å²) in [5.74, 6) is 1.36. The Morgan fingerprint density at radius 1 is 1.42 bits per heavy atom. The fourth-order valence-corrected chi connectivity index (χ4v) is 2.48. The van der Waals surface area contributed by atoms with Crippen LogP contribution in [0, 0.1) is 5.92 Å². The summed E-state index contributed by atoms with van der Waals surface area (Å²) >= 11 is 9.41. The largest absolute Gasteiger partial charge is 0.310 e. The molecule has 1 aromatic carbocycles. The molecule has 0 atom stereocenters. The van der Waals surface area contributed by atoms with Crippen molar-refractivity contribution in [3.63, 3.8) is 0 Å². The highest BCUT2D eigenvalue weighted by Crippen LogP contribution is 2.24. The standard InChI is InChI=1S/C12H15BrClN5/c1-8(2)6-15-7-12-16-17-18-19(12)11-4-3-9(14)5-10(11)13/h3-5,8,15H,6-7H2,1-2H3. The molecule has 1 aromatic heterocycles. The Bertz CT molecular complexity index is 555. The number of hydrogen-bond donors (Lipinski definition) is 1. The topological polar surface area (TPSA) is 55.6 Å². The van der Waals surface area contributed by atoms with E-state index in [4.69, 9.17) is 11.6 Å². The van der Waals surface area contributed by atoms with Crippen LogP contribution >= 0.6 is 27.5 Å². The van der Waals surface area contributed by atoms with Gasteiger partial charge >= 0.3 is 0 Å². The molecule has 0 radical (unpaired) electrons. The first-order valence-corrected chi connectivity index (χ1v) is 7.18. The van der Waals surface area contributed by atoms with E-state index in [1.54, 1.807) is 4.68 Å². The lowest BCUT2D eigenvalue weighted by Gasteiger charge is -2.09. The molecule has 7 heteroatoms. The third-order valence-corrected chi connectivity index (χ3v) is 3.38.